The van der Waals surface area contributed by atoms with Gasteiger partial charge < -0.3 is 0 Å². The SMILES string of the molecule is CC(=O)C(C(C)=O)C(C)=O.CCC[CH2][Sn][CH2]CCC. The molecule has 0 heterocycles. The van der Waals surface area contributed by atoms with Gasteiger partial charge in [-0.3, -0.25) is 14.4 Å². The first-order chi connectivity index (χ1) is 8.88. The van der Waals surface area contributed by atoms with E-state index in [0.29, 0.717) is 0 Å². The minimum absolute atomic E-state index is 0.149. The second-order valence-electron chi connectivity index (χ2n) is 4.72. The molecule has 0 aromatic carbocycles. The number of Topliss-reactive ketones (excluding diaryl/α,β-unsaturated/α-hetero) is 3. The van der Waals surface area contributed by atoms with Gasteiger partial charge in [-0.15, -0.1) is 0 Å². The van der Waals surface area contributed by atoms with Crippen LogP contribution in [-0.4, -0.2) is 38.5 Å². The van der Waals surface area contributed by atoms with E-state index in [4.69, 9.17) is 0 Å². The first kappa shape index (κ1) is 21.1. The van der Waals surface area contributed by atoms with Crippen molar-refractivity contribution in [2.75, 3.05) is 0 Å². The van der Waals surface area contributed by atoms with E-state index < -0.39 is 5.92 Å². The van der Waals surface area contributed by atoms with E-state index in [1.807, 2.05) is 0 Å². The van der Waals surface area contributed by atoms with Crippen molar-refractivity contribution in [3.05, 3.63) is 0 Å². The van der Waals surface area contributed by atoms with Crippen LogP contribution in [0.15, 0.2) is 0 Å². The van der Waals surface area contributed by atoms with Gasteiger partial charge in [-0.2, -0.15) is 0 Å². The molecule has 2 radical (unpaired) electrons. The monoisotopic (exact) mass is 376 g/mol. The first-order valence-electron chi connectivity index (χ1n) is 7.10. The van der Waals surface area contributed by atoms with Gasteiger partial charge in [-0.1, -0.05) is 0 Å². The standard InChI is InChI=1S/C7H10O3.2C4H9.Sn/c1-4(8)7(5(2)9)6(3)10;2*1-3-4-2;/h7H,1-3H3;2*1,3-4H2,2H3;. The third-order valence-corrected chi connectivity index (χ3v) is 6.67. The average Bonchev–Trinajstić information content (AvgIpc) is 2.28. The zero-order valence-electron chi connectivity index (χ0n) is 13.0. The maximum atomic E-state index is 10.6. The molecule has 0 amide bonds. The van der Waals surface area contributed by atoms with Gasteiger partial charge in [0.1, 0.15) is 23.3 Å². The third kappa shape index (κ3) is 14.0. The van der Waals surface area contributed by atoms with Gasteiger partial charge in [0.2, 0.25) is 0 Å². The van der Waals surface area contributed by atoms with Crippen molar-refractivity contribution in [2.45, 2.75) is 69.2 Å². The van der Waals surface area contributed by atoms with E-state index in [0.717, 1.165) is 0 Å². The van der Waals surface area contributed by atoms with E-state index in [9.17, 15) is 14.4 Å². The van der Waals surface area contributed by atoms with Crippen molar-refractivity contribution in [1.29, 1.82) is 0 Å². The molecule has 3 nitrogen and oxygen atoms in total. The van der Waals surface area contributed by atoms with Crippen molar-refractivity contribution < 1.29 is 14.4 Å². The summed E-state index contributed by atoms with van der Waals surface area (Å²) >= 11 is 0.149. The molecule has 0 atom stereocenters. The number of carbonyl (C=O) groups is 3. The zero-order chi connectivity index (χ0) is 15.3. The summed E-state index contributed by atoms with van der Waals surface area (Å²) in [6.07, 6.45) is 5.84. The predicted octanol–water partition coefficient (Wildman–Crippen LogP) is 3.50. The summed E-state index contributed by atoms with van der Waals surface area (Å²) in [6.45, 7) is 8.31. The molecule has 110 valence electrons. The fraction of sp³-hybridized carbons (Fsp3) is 0.800. The molecule has 0 bridgehead atoms. The Morgan fingerprint density at radius 3 is 1.26 bits per heavy atom. The van der Waals surface area contributed by atoms with Crippen LogP contribution in [0, 0.1) is 5.92 Å². The summed E-state index contributed by atoms with van der Waals surface area (Å²) in [5, 5.41) is 0. The van der Waals surface area contributed by atoms with Gasteiger partial charge in [-0.25, -0.2) is 0 Å². The number of hydrogen-bond donors (Lipinski definition) is 0. The number of hydrogen-bond acceptors (Lipinski definition) is 3. The molecule has 0 fully saturated rings. The Morgan fingerprint density at radius 2 is 1.11 bits per heavy atom. The van der Waals surface area contributed by atoms with Crippen molar-refractivity contribution in [3.8, 4) is 0 Å². The number of ketones is 3. The normalized spacial score (nSPS) is 9.79. The van der Waals surface area contributed by atoms with Gasteiger partial charge in [-0.05, 0) is 20.8 Å². The van der Waals surface area contributed by atoms with Gasteiger partial charge in [0.15, 0.2) is 0 Å². The van der Waals surface area contributed by atoms with Gasteiger partial charge >= 0.3 is 69.5 Å². The van der Waals surface area contributed by atoms with Crippen LogP contribution in [0.2, 0.25) is 8.87 Å². The van der Waals surface area contributed by atoms with E-state index >= 15 is 0 Å². The van der Waals surface area contributed by atoms with Crippen molar-refractivity contribution in [2.24, 2.45) is 5.92 Å². The van der Waals surface area contributed by atoms with Crippen LogP contribution in [0.25, 0.3) is 0 Å². The molecule has 19 heavy (non-hydrogen) atoms. The van der Waals surface area contributed by atoms with Crippen LogP contribution in [0.4, 0.5) is 0 Å². The molecule has 0 rings (SSSR count). The molecule has 0 unspecified atom stereocenters. The Kier molecular flexibility index (Phi) is 15.8. The molecule has 0 aromatic rings. The van der Waals surface area contributed by atoms with Crippen LogP contribution < -0.4 is 0 Å². The summed E-state index contributed by atoms with van der Waals surface area (Å²) in [7, 11) is 0. The Bertz CT molecular complexity index is 235. The Labute approximate surface area is 128 Å². The van der Waals surface area contributed by atoms with Crippen molar-refractivity contribution >= 4 is 38.5 Å². The molecule has 0 saturated heterocycles. The molecule has 0 aliphatic carbocycles. The Hall–Kier alpha value is -0.191. The molecular formula is C15H28O3Sn. The summed E-state index contributed by atoms with van der Waals surface area (Å²) < 4.78 is 3.25. The minimum atomic E-state index is -1.03. The van der Waals surface area contributed by atoms with E-state index in [-0.39, 0.29) is 38.5 Å². The summed E-state index contributed by atoms with van der Waals surface area (Å²) in [5.74, 6) is -2.15. The summed E-state index contributed by atoms with van der Waals surface area (Å²) in [6, 6.07) is 0. The summed E-state index contributed by atoms with van der Waals surface area (Å²) in [5.41, 5.74) is 0. The van der Waals surface area contributed by atoms with Gasteiger partial charge in [0.05, 0.1) is 0 Å². The number of rotatable bonds is 9. The van der Waals surface area contributed by atoms with Crippen LogP contribution in [0.1, 0.15) is 60.3 Å². The first-order valence-corrected chi connectivity index (χ1v) is 11.1. The summed E-state index contributed by atoms with van der Waals surface area (Å²) in [4.78, 5) is 31.8. The predicted molar refractivity (Wildman–Crippen MR) is 80.7 cm³/mol. The Morgan fingerprint density at radius 1 is 0.789 bits per heavy atom. The van der Waals surface area contributed by atoms with Gasteiger partial charge in [0, 0.05) is 0 Å². The fourth-order valence-electron chi connectivity index (χ4n) is 1.59. The average molecular weight is 375 g/mol. The number of unbranched alkanes of at least 4 members (excludes halogenated alkanes) is 2. The molecule has 0 aliphatic heterocycles. The molecule has 4 heteroatoms. The molecular weight excluding hydrogens is 347 g/mol. The molecule has 0 aliphatic rings. The fourth-order valence-corrected chi connectivity index (χ4v) is 5.75. The quantitative estimate of drug-likeness (QED) is 0.352. The third-order valence-electron chi connectivity index (χ3n) is 2.63. The van der Waals surface area contributed by atoms with Crippen molar-refractivity contribution in [3.63, 3.8) is 0 Å². The van der Waals surface area contributed by atoms with Crippen LogP contribution in [0.3, 0.4) is 0 Å². The maximum absolute atomic E-state index is 10.6. The second kappa shape index (κ2) is 14.2. The zero-order valence-corrected chi connectivity index (χ0v) is 15.9. The topological polar surface area (TPSA) is 51.2 Å². The van der Waals surface area contributed by atoms with E-state index in [1.54, 1.807) is 8.87 Å². The van der Waals surface area contributed by atoms with Crippen LogP contribution in [-0.2, 0) is 14.4 Å². The van der Waals surface area contributed by atoms with E-state index in [1.165, 1.54) is 46.5 Å². The van der Waals surface area contributed by atoms with Crippen LogP contribution in [0.5, 0.6) is 0 Å². The second-order valence-corrected chi connectivity index (χ2v) is 9.00. The molecule has 0 saturated carbocycles. The molecule has 0 aromatic heterocycles. The number of carbonyl (C=O) groups excluding carboxylic acids is 3. The van der Waals surface area contributed by atoms with E-state index in [2.05, 4.69) is 13.8 Å². The molecule has 0 N–H and O–H groups in total. The van der Waals surface area contributed by atoms with Gasteiger partial charge in [0.25, 0.3) is 0 Å². The Balaban J connectivity index is 0. The molecule has 0 spiro atoms. The van der Waals surface area contributed by atoms with Crippen molar-refractivity contribution in [1.82, 2.24) is 0 Å². The van der Waals surface area contributed by atoms with Crippen LogP contribution >= 0.6 is 0 Å².